The molecule has 0 aliphatic carbocycles. The van der Waals surface area contributed by atoms with Crippen LogP contribution < -0.4 is 10.9 Å². The van der Waals surface area contributed by atoms with Gasteiger partial charge in [-0.3, -0.25) is 9.59 Å². The van der Waals surface area contributed by atoms with Crippen LogP contribution in [0.4, 0.5) is 5.69 Å². The number of carbonyl (C=O) groups excluding carboxylic acids is 1. The molecular weight excluding hydrogens is 310 g/mol. The highest BCUT2D eigenvalue weighted by atomic mass is 16.4. The number of aliphatic carboxylic acids is 1. The highest BCUT2D eigenvalue weighted by Gasteiger charge is 2.11. The summed E-state index contributed by atoms with van der Waals surface area (Å²) >= 11 is 0. The predicted octanol–water partition coefficient (Wildman–Crippen LogP) is 2.67. The van der Waals surface area contributed by atoms with Crippen molar-refractivity contribution >= 4 is 28.5 Å². The van der Waals surface area contributed by atoms with Gasteiger partial charge in [-0.2, -0.15) is 0 Å². The van der Waals surface area contributed by atoms with Gasteiger partial charge >= 0.3 is 11.6 Å². The van der Waals surface area contributed by atoms with Crippen LogP contribution in [0.5, 0.6) is 0 Å². The molecule has 0 spiro atoms. The maximum absolute atomic E-state index is 12.1. The van der Waals surface area contributed by atoms with Crippen molar-refractivity contribution in [1.29, 1.82) is 0 Å². The maximum Gasteiger partial charge on any atom is 0.360 e. The van der Waals surface area contributed by atoms with Crippen LogP contribution in [0.2, 0.25) is 0 Å². The van der Waals surface area contributed by atoms with Gasteiger partial charge in [0, 0.05) is 10.9 Å². The monoisotopic (exact) mass is 323 g/mol. The average molecular weight is 323 g/mol. The lowest BCUT2D eigenvalue weighted by Gasteiger charge is -2.06. The van der Waals surface area contributed by atoms with Crippen LogP contribution in [0, 0.1) is 0 Å². The van der Waals surface area contributed by atoms with Crippen LogP contribution in [0.3, 0.4) is 0 Å². The Balaban J connectivity index is 1.92. The highest BCUT2D eigenvalue weighted by Crippen LogP contribution is 2.18. The quantitative estimate of drug-likeness (QED) is 0.720. The van der Waals surface area contributed by atoms with E-state index in [0.29, 0.717) is 16.5 Å². The Kier molecular flexibility index (Phi) is 4.11. The zero-order valence-electron chi connectivity index (χ0n) is 12.5. The number of hydrogen-bond acceptors (Lipinski definition) is 4. The van der Waals surface area contributed by atoms with Crippen LogP contribution in [0.15, 0.2) is 63.8 Å². The van der Waals surface area contributed by atoms with Gasteiger partial charge in [0.05, 0.1) is 6.42 Å². The van der Waals surface area contributed by atoms with E-state index < -0.39 is 17.5 Å². The van der Waals surface area contributed by atoms with E-state index in [2.05, 4.69) is 5.32 Å². The zero-order chi connectivity index (χ0) is 17.1. The first-order valence-electron chi connectivity index (χ1n) is 7.18. The van der Waals surface area contributed by atoms with E-state index in [0.717, 1.165) is 0 Å². The lowest BCUT2D eigenvalue weighted by Crippen LogP contribution is -2.17. The van der Waals surface area contributed by atoms with Gasteiger partial charge in [0.25, 0.3) is 5.91 Å². The first-order chi connectivity index (χ1) is 11.5. The first-order valence-corrected chi connectivity index (χ1v) is 7.18. The Hall–Kier alpha value is -3.41. The molecule has 1 heterocycles. The number of fused-ring (bicyclic) bond motifs is 1. The number of carboxylic acid groups (broad SMARTS) is 1. The van der Waals surface area contributed by atoms with Gasteiger partial charge in [-0.15, -0.1) is 0 Å². The molecule has 2 N–H and O–H groups in total. The number of anilines is 1. The summed E-state index contributed by atoms with van der Waals surface area (Å²) in [6.07, 6.45) is -0.161. The normalized spacial score (nSPS) is 10.5. The summed E-state index contributed by atoms with van der Waals surface area (Å²) in [4.78, 5) is 34.9. The van der Waals surface area contributed by atoms with E-state index in [1.807, 2.05) is 0 Å². The molecule has 6 heteroatoms. The maximum atomic E-state index is 12.1. The van der Waals surface area contributed by atoms with E-state index in [1.54, 1.807) is 42.5 Å². The van der Waals surface area contributed by atoms with E-state index in [4.69, 9.17) is 9.52 Å². The number of carboxylic acids is 1. The second kappa shape index (κ2) is 6.37. The summed E-state index contributed by atoms with van der Waals surface area (Å²) in [7, 11) is 0. The van der Waals surface area contributed by atoms with Crippen molar-refractivity contribution in [2.24, 2.45) is 0 Å². The standard InChI is InChI=1S/C18H13NO5/c20-16(21)9-11-6-7-13-10-14(18(23)24-15(13)8-11)19-17(22)12-4-2-1-3-5-12/h1-8,10H,9H2,(H,19,22)(H,20,21). The minimum Gasteiger partial charge on any atom is -0.481 e. The molecule has 3 rings (SSSR count). The van der Waals surface area contributed by atoms with E-state index in [9.17, 15) is 14.4 Å². The fourth-order valence-electron chi connectivity index (χ4n) is 2.31. The fraction of sp³-hybridized carbons (Fsp3) is 0.0556. The Bertz CT molecular complexity index is 976. The molecule has 0 saturated heterocycles. The van der Waals surface area contributed by atoms with Crippen LogP contribution in [0.25, 0.3) is 11.0 Å². The second-order valence-electron chi connectivity index (χ2n) is 5.21. The largest absolute Gasteiger partial charge is 0.481 e. The van der Waals surface area contributed by atoms with Gasteiger partial charge in [-0.05, 0) is 29.8 Å². The topological polar surface area (TPSA) is 96.6 Å². The number of hydrogen-bond donors (Lipinski definition) is 2. The smallest absolute Gasteiger partial charge is 0.360 e. The molecule has 0 aliphatic rings. The van der Waals surface area contributed by atoms with E-state index in [-0.39, 0.29) is 17.7 Å². The SMILES string of the molecule is O=C(O)Cc1ccc2cc(NC(=O)c3ccccc3)c(=O)oc2c1. The number of amides is 1. The molecule has 24 heavy (non-hydrogen) atoms. The van der Waals surface area contributed by atoms with Gasteiger partial charge < -0.3 is 14.8 Å². The average Bonchev–Trinajstić information content (AvgIpc) is 2.56. The van der Waals surface area contributed by atoms with Crippen molar-refractivity contribution in [1.82, 2.24) is 0 Å². The molecule has 0 fully saturated rings. The molecule has 6 nitrogen and oxygen atoms in total. The minimum absolute atomic E-state index is 0.0299. The van der Waals surface area contributed by atoms with Crippen molar-refractivity contribution in [2.45, 2.75) is 6.42 Å². The van der Waals surface area contributed by atoms with Crippen molar-refractivity contribution in [3.63, 3.8) is 0 Å². The lowest BCUT2D eigenvalue weighted by molar-refractivity contribution is -0.136. The van der Waals surface area contributed by atoms with Crippen LogP contribution in [0.1, 0.15) is 15.9 Å². The number of benzene rings is 2. The van der Waals surface area contributed by atoms with Gasteiger partial charge in [0.1, 0.15) is 11.3 Å². The van der Waals surface area contributed by atoms with Crippen molar-refractivity contribution in [2.75, 3.05) is 5.32 Å². The van der Waals surface area contributed by atoms with Crippen molar-refractivity contribution in [3.05, 3.63) is 76.1 Å². The molecular formula is C18H13NO5. The number of carbonyl (C=O) groups is 2. The summed E-state index contributed by atoms with van der Waals surface area (Å²) in [5.74, 6) is -1.38. The molecule has 3 aromatic rings. The Morgan fingerprint density at radius 2 is 1.79 bits per heavy atom. The zero-order valence-corrected chi connectivity index (χ0v) is 12.5. The highest BCUT2D eigenvalue weighted by molar-refractivity contribution is 6.04. The third kappa shape index (κ3) is 3.33. The van der Waals surface area contributed by atoms with Crippen LogP contribution >= 0.6 is 0 Å². The molecule has 1 aromatic heterocycles. The Morgan fingerprint density at radius 3 is 2.50 bits per heavy atom. The van der Waals surface area contributed by atoms with Gasteiger partial charge in [-0.25, -0.2) is 4.79 Å². The molecule has 1 amide bonds. The number of rotatable bonds is 4. The van der Waals surface area contributed by atoms with E-state index >= 15 is 0 Å². The minimum atomic E-state index is -0.969. The summed E-state index contributed by atoms with van der Waals surface area (Å²) in [5, 5.41) is 11.9. The van der Waals surface area contributed by atoms with Crippen molar-refractivity contribution < 1.29 is 19.1 Å². The van der Waals surface area contributed by atoms with Crippen LogP contribution in [-0.4, -0.2) is 17.0 Å². The molecule has 0 saturated carbocycles. The molecule has 0 bridgehead atoms. The summed E-state index contributed by atoms with van der Waals surface area (Å²) in [5.41, 5.74) is 0.561. The second-order valence-corrected chi connectivity index (χ2v) is 5.21. The summed E-state index contributed by atoms with van der Waals surface area (Å²) in [6.45, 7) is 0. The summed E-state index contributed by atoms with van der Waals surface area (Å²) in [6, 6.07) is 14.8. The third-order valence-electron chi connectivity index (χ3n) is 3.44. The molecule has 0 aliphatic heterocycles. The molecule has 2 aromatic carbocycles. The molecule has 0 atom stereocenters. The van der Waals surface area contributed by atoms with Gasteiger partial charge in [-0.1, -0.05) is 30.3 Å². The Morgan fingerprint density at radius 1 is 1.04 bits per heavy atom. The molecule has 0 radical (unpaired) electrons. The third-order valence-corrected chi connectivity index (χ3v) is 3.44. The molecule has 120 valence electrons. The predicted molar refractivity (Wildman–Crippen MR) is 88.2 cm³/mol. The first kappa shape index (κ1) is 15.5. The van der Waals surface area contributed by atoms with Gasteiger partial charge in [0.15, 0.2) is 0 Å². The number of nitrogens with one attached hydrogen (secondary N) is 1. The van der Waals surface area contributed by atoms with Gasteiger partial charge in [0.2, 0.25) is 0 Å². The summed E-state index contributed by atoms with van der Waals surface area (Å²) < 4.78 is 5.19. The fourth-order valence-corrected chi connectivity index (χ4v) is 2.31. The van der Waals surface area contributed by atoms with Crippen molar-refractivity contribution in [3.8, 4) is 0 Å². The molecule has 0 unspecified atom stereocenters. The lowest BCUT2D eigenvalue weighted by atomic mass is 10.1. The Labute approximate surface area is 136 Å². The van der Waals surface area contributed by atoms with Crippen LogP contribution in [-0.2, 0) is 11.2 Å². The van der Waals surface area contributed by atoms with E-state index in [1.165, 1.54) is 12.1 Å².